The van der Waals surface area contributed by atoms with Gasteiger partial charge in [0.1, 0.15) is 0 Å². The summed E-state index contributed by atoms with van der Waals surface area (Å²) in [5.41, 5.74) is -1.19. The fourth-order valence-corrected chi connectivity index (χ4v) is 3.98. The van der Waals surface area contributed by atoms with Gasteiger partial charge in [0.05, 0.1) is 11.1 Å². The first kappa shape index (κ1) is 14.9. The Kier molecular flexibility index (Phi) is 3.76. The molecule has 3 atom stereocenters. The van der Waals surface area contributed by atoms with E-state index < -0.39 is 17.6 Å². The highest BCUT2D eigenvalue weighted by molar-refractivity contribution is 9.10. The Labute approximate surface area is 129 Å². The molecular formula is C15H15BrF3NO. The lowest BCUT2D eigenvalue weighted by atomic mass is 9.95. The predicted molar refractivity (Wildman–Crippen MR) is 75.8 cm³/mol. The van der Waals surface area contributed by atoms with Crippen molar-refractivity contribution in [2.45, 2.75) is 37.9 Å². The van der Waals surface area contributed by atoms with Crippen LogP contribution in [0.2, 0.25) is 0 Å². The molecule has 21 heavy (non-hydrogen) atoms. The van der Waals surface area contributed by atoms with Crippen LogP contribution in [0, 0.1) is 11.8 Å². The summed E-state index contributed by atoms with van der Waals surface area (Å²) in [6.07, 6.45) is -0.290. The van der Waals surface area contributed by atoms with Crippen molar-refractivity contribution in [3.05, 3.63) is 33.8 Å². The summed E-state index contributed by atoms with van der Waals surface area (Å²) in [4.78, 5) is 12.2. The van der Waals surface area contributed by atoms with Gasteiger partial charge in [-0.3, -0.25) is 4.79 Å². The zero-order valence-corrected chi connectivity index (χ0v) is 12.8. The minimum atomic E-state index is -4.54. The molecule has 2 aliphatic rings. The van der Waals surface area contributed by atoms with Crippen molar-refractivity contribution in [2.75, 3.05) is 0 Å². The molecule has 1 amide bonds. The summed E-state index contributed by atoms with van der Waals surface area (Å²) < 4.78 is 39.5. The van der Waals surface area contributed by atoms with Gasteiger partial charge in [0.25, 0.3) is 5.91 Å². The third-order valence-electron chi connectivity index (χ3n) is 4.59. The van der Waals surface area contributed by atoms with E-state index in [0.29, 0.717) is 16.3 Å². The van der Waals surface area contributed by atoms with Crippen molar-refractivity contribution in [1.29, 1.82) is 0 Å². The monoisotopic (exact) mass is 361 g/mol. The molecule has 114 valence electrons. The molecule has 0 aliphatic heterocycles. The number of halogens is 4. The molecule has 0 spiro atoms. The van der Waals surface area contributed by atoms with Gasteiger partial charge in [0, 0.05) is 10.5 Å². The Hall–Kier alpha value is -1.04. The van der Waals surface area contributed by atoms with E-state index in [1.807, 2.05) is 0 Å². The molecule has 3 unspecified atom stereocenters. The van der Waals surface area contributed by atoms with E-state index >= 15 is 0 Å². The minimum Gasteiger partial charge on any atom is -0.349 e. The van der Waals surface area contributed by atoms with Gasteiger partial charge in [-0.1, -0.05) is 22.4 Å². The molecule has 1 aromatic carbocycles. The van der Waals surface area contributed by atoms with Crippen LogP contribution in [-0.2, 0) is 6.18 Å². The Morgan fingerprint density at radius 3 is 2.57 bits per heavy atom. The SMILES string of the molecule is O=C(NC1CC2CCC1C2)c1ccc(Br)cc1C(F)(F)F. The van der Waals surface area contributed by atoms with Crippen LogP contribution >= 0.6 is 15.9 Å². The smallest absolute Gasteiger partial charge is 0.349 e. The summed E-state index contributed by atoms with van der Waals surface area (Å²) in [5.74, 6) is 0.448. The van der Waals surface area contributed by atoms with Crippen molar-refractivity contribution >= 4 is 21.8 Å². The Bertz CT molecular complexity index is 573. The van der Waals surface area contributed by atoms with E-state index in [1.165, 1.54) is 18.6 Å². The Balaban J connectivity index is 1.81. The number of hydrogen-bond donors (Lipinski definition) is 1. The van der Waals surface area contributed by atoms with Crippen LogP contribution in [0.4, 0.5) is 13.2 Å². The highest BCUT2D eigenvalue weighted by atomic mass is 79.9. The van der Waals surface area contributed by atoms with Gasteiger partial charge < -0.3 is 5.32 Å². The average Bonchev–Trinajstić information content (AvgIpc) is 2.99. The van der Waals surface area contributed by atoms with Gasteiger partial charge in [-0.2, -0.15) is 13.2 Å². The summed E-state index contributed by atoms with van der Waals surface area (Å²) in [5, 5.41) is 2.80. The summed E-state index contributed by atoms with van der Waals surface area (Å²) >= 11 is 3.02. The van der Waals surface area contributed by atoms with Crippen LogP contribution in [0.25, 0.3) is 0 Å². The predicted octanol–water partition coefficient (Wildman–Crippen LogP) is 4.39. The zero-order valence-electron chi connectivity index (χ0n) is 11.2. The van der Waals surface area contributed by atoms with Crippen molar-refractivity contribution < 1.29 is 18.0 Å². The third-order valence-corrected chi connectivity index (χ3v) is 5.08. The lowest BCUT2D eigenvalue weighted by Gasteiger charge is -2.23. The van der Waals surface area contributed by atoms with E-state index in [0.717, 1.165) is 25.3 Å². The highest BCUT2D eigenvalue weighted by Gasteiger charge is 2.41. The molecule has 2 fully saturated rings. The lowest BCUT2D eigenvalue weighted by Crippen LogP contribution is -2.39. The lowest BCUT2D eigenvalue weighted by molar-refractivity contribution is -0.138. The molecule has 0 aromatic heterocycles. The maximum Gasteiger partial charge on any atom is 0.417 e. The second kappa shape index (κ2) is 5.30. The molecule has 0 saturated heterocycles. The molecule has 0 heterocycles. The number of nitrogens with one attached hydrogen (secondary N) is 1. The van der Waals surface area contributed by atoms with Crippen molar-refractivity contribution in [3.63, 3.8) is 0 Å². The molecule has 1 N–H and O–H groups in total. The number of carbonyl (C=O) groups is 1. The first-order valence-electron chi connectivity index (χ1n) is 7.02. The van der Waals surface area contributed by atoms with Crippen LogP contribution in [0.1, 0.15) is 41.6 Å². The van der Waals surface area contributed by atoms with Gasteiger partial charge in [-0.15, -0.1) is 0 Å². The number of benzene rings is 1. The van der Waals surface area contributed by atoms with Crippen LogP contribution in [-0.4, -0.2) is 11.9 Å². The third kappa shape index (κ3) is 2.96. The number of carbonyl (C=O) groups excluding carboxylic acids is 1. The van der Waals surface area contributed by atoms with Gasteiger partial charge >= 0.3 is 6.18 Å². The largest absolute Gasteiger partial charge is 0.417 e. The molecule has 6 heteroatoms. The van der Waals surface area contributed by atoms with Crippen molar-refractivity contribution in [3.8, 4) is 0 Å². The van der Waals surface area contributed by atoms with E-state index in [-0.39, 0.29) is 11.6 Å². The average molecular weight is 362 g/mol. The minimum absolute atomic E-state index is 0.0287. The first-order chi connectivity index (χ1) is 9.84. The fourth-order valence-electron chi connectivity index (χ4n) is 3.62. The molecule has 2 nitrogen and oxygen atoms in total. The second-order valence-corrected chi connectivity index (χ2v) is 6.86. The number of alkyl halides is 3. The zero-order chi connectivity index (χ0) is 15.2. The summed E-state index contributed by atoms with van der Waals surface area (Å²) in [7, 11) is 0. The molecule has 2 saturated carbocycles. The molecule has 2 bridgehead atoms. The highest BCUT2D eigenvalue weighted by Crippen LogP contribution is 2.44. The van der Waals surface area contributed by atoms with Crippen molar-refractivity contribution in [2.24, 2.45) is 11.8 Å². The van der Waals surface area contributed by atoms with Crippen molar-refractivity contribution in [1.82, 2.24) is 5.32 Å². The van der Waals surface area contributed by atoms with E-state index in [9.17, 15) is 18.0 Å². The van der Waals surface area contributed by atoms with Crippen LogP contribution in [0.5, 0.6) is 0 Å². The normalized spacial score (nSPS) is 27.9. The number of rotatable bonds is 2. The maximum atomic E-state index is 13.1. The Morgan fingerprint density at radius 1 is 1.24 bits per heavy atom. The quantitative estimate of drug-likeness (QED) is 0.831. The molecule has 0 radical (unpaired) electrons. The number of hydrogen-bond acceptors (Lipinski definition) is 1. The van der Waals surface area contributed by atoms with Gasteiger partial charge in [-0.25, -0.2) is 0 Å². The van der Waals surface area contributed by atoms with Crippen LogP contribution < -0.4 is 5.32 Å². The first-order valence-corrected chi connectivity index (χ1v) is 7.81. The number of fused-ring (bicyclic) bond motifs is 2. The summed E-state index contributed by atoms with van der Waals surface area (Å²) in [6, 6.07) is 3.68. The van der Waals surface area contributed by atoms with Gasteiger partial charge in [0.2, 0.25) is 0 Å². The fraction of sp³-hybridized carbons (Fsp3) is 0.533. The Morgan fingerprint density at radius 2 is 2.00 bits per heavy atom. The second-order valence-electron chi connectivity index (χ2n) is 5.94. The maximum absolute atomic E-state index is 13.1. The molecular weight excluding hydrogens is 347 g/mol. The number of amides is 1. The van der Waals surface area contributed by atoms with Crippen LogP contribution in [0.15, 0.2) is 22.7 Å². The van der Waals surface area contributed by atoms with Crippen LogP contribution in [0.3, 0.4) is 0 Å². The molecule has 3 rings (SSSR count). The molecule has 2 aliphatic carbocycles. The summed E-state index contributed by atoms with van der Waals surface area (Å²) in [6.45, 7) is 0. The topological polar surface area (TPSA) is 29.1 Å². The molecule has 1 aromatic rings. The van der Waals surface area contributed by atoms with E-state index in [4.69, 9.17) is 0 Å². The van der Waals surface area contributed by atoms with Gasteiger partial charge in [-0.05, 0) is 49.3 Å². The van der Waals surface area contributed by atoms with E-state index in [1.54, 1.807) is 0 Å². The standard InChI is InChI=1S/C15H15BrF3NO/c16-10-3-4-11(12(7-10)15(17,18)19)14(21)20-13-6-8-1-2-9(13)5-8/h3-4,7-9,13H,1-2,5-6H2,(H,20,21). The van der Waals surface area contributed by atoms with E-state index in [2.05, 4.69) is 21.2 Å². The van der Waals surface area contributed by atoms with Gasteiger partial charge in [0.15, 0.2) is 0 Å².